The first-order chi connectivity index (χ1) is 7.37. The van der Waals surface area contributed by atoms with Crippen molar-refractivity contribution in [3.05, 3.63) is 0 Å². The van der Waals surface area contributed by atoms with Gasteiger partial charge >= 0.3 is 0 Å². The fourth-order valence-electron chi connectivity index (χ4n) is 1.92. The summed E-state index contributed by atoms with van der Waals surface area (Å²) in [4.78, 5) is 11.7. The zero-order valence-corrected chi connectivity index (χ0v) is 10.7. The van der Waals surface area contributed by atoms with Crippen molar-refractivity contribution in [2.75, 3.05) is 7.11 Å². The topological polar surface area (TPSA) is 64.3 Å². The second-order valence-corrected chi connectivity index (χ2v) is 5.37. The largest absolute Gasteiger partial charge is 0.382 e. The van der Waals surface area contributed by atoms with E-state index in [1.807, 2.05) is 6.92 Å². The summed E-state index contributed by atoms with van der Waals surface area (Å²) in [5.41, 5.74) is 5.93. The Bertz CT molecular complexity index is 253. The maximum Gasteiger partial charge on any atom is 0.220 e. The predicted molar refractivity (Wildman–Crippen MR) is 64.0 cm³/mol. The smallest absolute Gasteiger partial charge is 0.220 e. The van der Waals surface area contributed by atoms with Gasteiger partial charge in [-0.2, -0.15) is 0 Å². The SMILES string of the molecule is COC(C)CCC(=O)NC1CC(N)C1(C)C. The number of amides is 1. The summed E-state index contributed by atoms with van der Waals surface area (Å²) in [5.74, 6) is 0.105. The minimum absolute atomic E-state index is 0.0303. The van der Waals surface area contributed by atoms with Gasteiger partial charge in [0.25, 0.3) is 0 Å². The molecule has 3 atom stereocenters. The molecule has 0 aromatic heterocycles. The van der Waals surface area contributed by atoms with Crippen LogP contribution in [-0.2, 0) is 9.53 Å². The van der Waals surface area contributed by atoms with Crippen LogP contribution in [0.2, 0.25) is 0 Å². The number of carbonyl (C=O) groups is 1. The number of rotatable bonds is 5. The third kappa shape index (κ3) is 2.95. The number of nitrogens with one attached hydrogen (secondary N) is 1. The van der Waals surface area contributed by atoms with Crippen LogP contribution in [-0.4, -0.2) is 31.2 Å². The summed E-state index contributed by atoms with van der Waals surface area (Å²) >= 11 is 0. The second kappa shape index (κ2) is 5.15. The zero-order chi connectivity index (χ0) is 12.3. The van der Waals surface area contributed by atoms with E-state index in [0.29, 0.717) is 6.42 Å². The molecule has 4 nitrogen and oxygen atoms in total. The summed E-state index contributed by atoms with van der Waals surface area (Å²) in [5, 5.41) is 3.04. The van der Waals surface area contributed by atoms with Crippen LogP contribution in [0.15, 0.2) is 0 Å². The number of ether oxygens (including phenoxy) is 1. The molecular weight excluding hydrogens is 204 g/mol. The Morgan fingerprint density at radius 2 is 2.25 bits per heavy atom. The highest BCUT2D eigenvalue weighted by Crippen LogP contribution is 2.38. The fourth-order valence-corrected chi connectivity index (χ4v) is 1.92. The number of methoxy groups -OCH3 is 1. The molecule has 0 aromatic carbocycles. The molecule has 3 unspecified atom stereocenters. The van der Waals surface area contributed by atoms with Gasteiger partial charge in [0.05, 0.1) is 6.10 Å². The monoisotopic (exact) mass is 228 g/mol. The molecule has 94 valence electrons. The van der Waals surface area contributed by atoms with Gasteiger partial charge < -0.3 is 15.8 Å². The van der Waals surface area contributed by atoms with Crippen LogP contribution in [0.25, 0.3) is 0 Å². The van der Waals surface area contributed by atoms with Crippen molar-refractivity contribution in [3.63, 3.8) is 0 Å². The van der Waals surface area contributed by atoms with Crippen LogP contribution in [0, 0.1) is 5.41 Å². The van der Waals surface area contributed by atoms with Gasteiger partial charge in [0.1, 0.15) is 0 Å². The van der Waals surface area contributed by atoms with Crippen LogP contribution >= 0.6 is 0 Å². The Morgan fingerprint density at radius 1 is 1.62 bits per heavy atom. The van der Waals surface area contributed by atoms with Gasteiger partial charge in [-0.3, -0.25) is 4.79 Å². The van der Waals surface area contributed by atoms with Gasteiger partial charge in [-0.15, -0.1) is 0 Å². The van der Waals surface area contributed by atoms with Crippen molar-refractivity contribution in [1.29, 1.82) is 0 Å². The molecule has 4 heteroatoms. The van der Waals surface area contributed by atoms with Crippen LogP contribution in [0.1, 0.15) is 40.0 Å². The van der Waals surface area contributed by atoms with Crippen molar-refractivity contribution >= 4 is 5.91 Å². The third-order valence-electron chi connectivity index (χ3n) is 3.86. The van der Waals surface area contributed by atoms with Crippen molar-refractivity contribution in [2.45, 2.75) is 58.2 Å². The third-order valence-corrected chi connectivity index (χ3v) is 3.86. The minimum Gasteiger partial charge on any atom is -0.382 e. The van der Waals surface area contributed by atoms with Crippen molar-refractivity contribution in [2.24, 2.45) is 11.1 Å². The summed E-state index contributed by atoms with van der Waals surface area (Å²) in [7, 11) is 1.66. The molecule has 1 fully saturated rings. The Balaban J connectivity index is 2.26. The molecule has 3 N–H and O–H groups in total. The summed E-state index contributed by atoms with van der Waals surface area (Å²) in [6.07, 6.45) is 2.32. The standard InChI is InChI=1S/C12H24N2O2/c1-8(16-4)5-6-11(15)14-10-7-9(13)12(10,2)3/h8-10H,5-7,13H2,1-4H3,(H,14,15). The molecule has 0 aromatic rings. The van der Waals surface area contributed by atoms with Crippen LogP contribution in [0.4, 0.5) is 0 Å². The van der Waals surface area contributed by atoms with Gasteiger partial charge in [0, 0.05) is 31.0 Å². The normalized spacial score (nSPS) is 29.3. The summed E-state index contributed by atoms with van der Waals surface area (Å²) < 4.78 is 5.10. The first-order valence-electron chi connectivity index (χ1n) is 5.95. The highest BCUT2D eigenvalue weighted by atomic mass is 16.5. The van der Waals surface area contributed by atoms with Gasteiger partial charge in [-0.05, 0) is 19.8 Å². The molecule has 1 amide bonds. The van der Waals surface area contributed by atoms with Crippen LogP contribution in [0.5, 0.6) is 0 Å². The molecule has 0 heterocycles. The number of hydrogen-bond acceptors (Lipinski definition) is 3. The van der Waals surface area contributed by atoms with E-state index < -0.39 is 0 Å². The molecular formula is C12H24N2O2. The van der Waals surface area contributed by atoms with E-state index in [-0.39, 0.29) is 29.5 Å². The second-order valence-electron chi connectivity index (χ2n) is 5.37. The Morgan fingerprint density at radius 3 is 2.69 bits per heavy atom. The molecule has 1 aliphatic carbocycles. The highest BCUT2D eigenvalue weighted by molar-refractivity contribution is 5.76. The van der Waals surface area contributed by atoms with Crippen LogP contribution < -0.4 is 11.1 Å². The van der Waals surface area contributed by atoms with Crippen molar-refractivity contribution < 1.29 is 9.53 Å². The van der Waals surface area contributed by atoms with Gasteiger partial charge in [0.2, 0.25) is 5.91 Å². The molecule has 1 aliphatic rings. The predicted octanol–water partition coefficient (Wildman–Crippen LogP) is 1.04. The molecule has 0 aliphatic heterocycles. The molecule has 16 heavy (non-hydrogen) atoms. The lowest BCUT2D eigenvalue weighted by Gasteiger charge is -2.50. The highest BCUT2D eigenvalue weighted by Gasteiger charge is 2.46. The van der Waals surface area contributed by atoms with E-state index in [0.717, 1.165) is 12.8 Å². The molecule has 1 rings (SSSR count). The lowest BCUT2D eigenvalue weighted by atomic mass is 9.63. The maximum absolute atomic E-state index is 11.7. The van der Waals surface area contributed by atoms with E-state index in [1.54, 1.807) is 7.11 Å². The molecule has 0 spiro atoms. The first kappa shape index (κ1) is 13.5. The fraction of sp³-hybridized carbons (Fsp3) is 0.917. The summed E-state index contributed by atoms with van der Waals surface area (Å²) in [6.45, 7) is 6.17. The minimum atomic E-state index is 0.0303. The lowest BCUT2D eigenvalue weighted by Crippen LogP contribution is -2.64. The molecule has 1 saturated carbocycles. The van der Waals surface area contributed by atoms with E-state index in [9.17, 15) is 4.79 Å². The number of carbonyl (C=O) groups excluding carboxylic acids is 1. The average Bonchev–Trinajstić information content (AvgIpc) is 2.25. The van der Waals surface area contributed by atoms with Crippen molar-refractivity contribution in [3.8, 4) is 0 Å². The Hall–Kier alpha value is -0.610. The molecule has 0 radical (unpaired) electrons. The quantitative estimate of drug-likeness (QED) is 0.739. The maximum atomic E-state index is 11.7. The average molecular weight is 228 g/mol. The van der Waals surface area contributed by atoms with Crippen LogP contribution in [0.3, 0.4) is 0 Å². The zero-order valence-electron chi connectivity index (χ0n) is 10.7. The van der Waals surface area contributed by atoms with Crippen molar-refractivity contribution in [1.82, 2.24) is 5.32 Å². The first-order valence-corrected chi connectivity index (χ1v) is 5.95. The van der Waals surface area contributed by atoms with Gasteiger partial charge in [-0.25, -0.2) is 0 Å². The van der Waals surface area contributed by atoms with E-state index in [4.69, 9.17) is 10.5 Å². The van der Waals surface area contributed by atoms with Gasteiger partial charge in [-0.1, -0.05) is 13.8 Å². The number of hydrogen-bond donors (Lipinski definition) is 2. The van der Waals surface area contributed by atoms with E-state index in [1.165, 1.54) is 0 Å². The van der Waals surface area contributed by atoms with Gasteiger partial charge in [0.15, 0.2) is 0 Å². The molecule has 0 bridgehead atoms. The lowest BCUT2D eigenvalue weighted by molar-refractivity contribution is -0.124. The van der Waals surface area contributed by atoms with E-state index in [2.05, 4.69) is 19.2 Å². The Labute approximate surface area is 97.9 Å². The molecule has 0 saturated heterocycles. The number of nitrogens with two attached hydrogens (primary N) is 1. The Kier molecular flexibility index (Phi) is 4.33. The van der Waals surface area contributed by atoms with E-state index >= 15 is 0 Å². The summed E-state index contributed by atoms with van der Waals surface area (Å²) in [6, 6.07) is 0.434.